The van der Waals surface area contributed by atoms with Gasteiger partial charge in [0.15, 0.2) is 0 Å². The van der Waals surface area contributed by atoms with E-state index in [0.29, 0.717) is 11.3 Å². The summed E-state index contributed by atoms with van der Waals surface area (Å²) >= 11 is 1.58. The van der Waals surface area contributed by atoms with Gasteiger partial charge in [-0.3, -0.25) is 4.79 Å². The maximum Gasteiger partial charge on any atom is 0.237 e. The Morgan fingerprint density at radius 1 is 0.926 bits per heavy atom. The van der Waals surface area contributed by atoms with Crippen LogP contribution in [0.5, 0.6) is 0 Å². The average Bonchev–Trinajstić information content (AvgIpc) is 2.70. The van der Waals surface area contributed by atoms with Crippen molar-refractivity contribution in [2.24, 2.45) is 0 Å². The largest absolute Gasteiger partial charge is 0.325 e. The summed E-state index contributed by atoms with van der Waals surface area (Å²) in [6.45, 7) is 3.58. The van der Waals surface area contributed by atoms with Gasteiger partial charge in [-0.25, -0.2) is 4.39 Å². The first-order valence-electron chi connectivity index (χ1n) is 8.87. The van der Waals surface area contributed by atoms with Crippen LogP contribution in [0.2, 0.25) is 0 Å². The molecule has 138 valence electrons. The zero-order valence-electron chi connectivity index (χ0n) is 15.4. The molecule has 27 heavy (non-hydrogen) atoms. The highest BCUT2D eigenvalue weighted by atomic mass is 32.2. The molecule has 3 aromatic rings. The second kappa shape index (κ2) is 8.87. The van der Waals surface area contributed by atoms with Gasteiger partial charge in [0.2, 0.25) is 5.91 Å². The van der Waals surface area contributed by atoms with E-state index in [1.807, 2.05) is 43.3 Å². The summed E-state index contributed by atoms with van der Waals surface area (Å²) in [6, 6.07) is 25.0. The predicted molar refractivity (Wildman–Crippen MR) is 112 cm³/mol. The van der Waals surface area contributed by atoms with Crippen LogP contribution in [-0.2, 0) is 4.79 Å². The van der Waals surface area contributed by atoms with Crippen LogP contribution in [-0.4, -0.2) is 11.2 Å². The van der Waals surface area contributed by atoms with Crippen molar-refractivity contribution in [3.8, 4) is 0 Å². The Morgan fingerprint density at radius 3 is 2.00 bits per heavy atom. The van der Waals surface area contributed by atoms with Gasteiger partial charge in [0.1, 0.15) is 5.82 Å². The van der Waals surface area contributed by atoms with Crippen molar-refractivity contribution in [2.75, 3.05) is 5.32 Å². The van der Waals surface area contributed by atoms with Crippen molar-refractivity contribution < 1.29 is 9.18 Å². The highest BCUT2D eigenvalue weighted by molar-refractivity contribution is 8.01. The molecule has 0 aromatic heterocycles. The predicted octanol–water partition coefficient (Wildman–Crippen LogP) is 5.98. The lowest BCUT2D eigenvalue weighted by molar-refractivity contribution is -0.115. The molecular weight excluding hydrogens is 357 g/mol. The van der Waals surface area contributed by atoms with E-state index in [4.69, 9.17) is 0 Å². The molecule has 0 unspecified atom stereocenters. The van der Waals surface area contributed by atoms with E-state index in [1.54, 1.807) is 30.8 Å². The lowest BCUT2D eigenvalue weighted by Gasteiger charge is -2.21. The van der Waals surface area contributed by atoms with Crippen LogP contribution in [0.25, 0.3) is 0 Å². The molecule has 1 N–H and O–H groups in total. The van der Waals surface area contributed by atoms with E-state index in [0.717, 1.165) is 11.1 Å². The Morgan fingerprint density at radius 2 is 1.48 bits per heavy atom. The number of aryl methyl sites for hydroxylation is 1. The molecule has 3 aromatic carbocycles. The first kappa shape index (κ1) is 19.2. The standard InChI is InChI=1S/C23H22FNOS/c1-16-13-14-20(15-21(16)24)25-23(26)17(2)27-22(18-9-5-3-6-10-18)19-11-7-4-8-12-19/h3-15,17,22H,1-2H3,(H,25,26)/t17-/m1/s1. The van der Waals surface area contributed by atoms with Gasteiger partial charge in [0, 0.05) is 5.69 Å². The minimum atomic E-state index is -0.320. The lowest BCUT2D eigenvalue weighted by Crippen LogP contribution is -2.23. The lowest BCUT2D eigenvalue weighted by atomic mass is 10.0. The van der Waals surface area contributed by atoms with Crippen LogP contribution < -0.4 is 5.32 Å². The molecule has 3 rings (SSSR count). The SMILES string of the molecule is Cc1ccc(NC(=O)[C@@H](C)SC(c2ccccc2)c2ccccc2)cc1F. The molecule has 0 aliphatic carbocycles. The van der Waals surface area contributed by atoms with E-state index in [9.17, 15) is 9.18 Å². The number of anilines is 1. The molecule has 0 radical (unpaired) electrons. The van der Waals surface area contributed by atoms with Gasteiger partial charge in [0.25, 0.3) is 0 Å². The molecule has 0 saturated carbocycles. The van der Waals surface area contributed by atoms with Gasteiger partial charge >= 0.3 is 0 Å². The summed E-state index contributed by atoms with van der Waals surface area (Å²) in [7, 11) is 0. The van der Waals surface area contributed by atoms with Gasteiger partial charge < -0.3 is 5.32 Å². The smallest absolute Gasteiger partial charge is 0.237 e. The van der Waals surface area contributed by atoms with Crippen LogP contribution in [0.4, 0.5) is 10.1 Å². The fourth-order valence-electron chi connectivity index (χ4n) is 2.79. The molecule has 2 nitrogen and oxygen atoms in total. The van der Waals surface area contributed by atoms with Crippen LogP contribution in [0, 0.1) is 12.7 Å². The fraction of sp³-hybridized carbons (Fsp3) is 0.174. The van der Waals surface area contributed by atoms with Gasteiger partial charge in [-0.2, -0.15) is 0 Å². The van der Waals surface area contributed by atoms with Crippen LogP contribution >= 0.6 is 11.8 Å². The zero-order valence-corrected chi connectivity index (χ0v) is 16.2. The summed E-state index contributed by atoms with van der Waals surface area (Å²) in [5.74, 6) is -0.459. The summed E-state index contributed by atoms with van der Waals surface area (Å²) in [5, 5.41) is 2.56. The number of hydrogen-bond donors (Lipinski definition) is 1. The second-order valence-electron chi connectivity index (χ2n) is 6.43. The van der Waals surface area contributed by atoms with Gasteiger partial charge in [-0.15, -0.1) is 11.8 Å². The number of hydrogen-bond acceptors (Lipinski definition) is 2. The number of carbonyl (C=O) groups excluding carboxylic acids is 1. The first-order chi connectivity index (χ1) is 13.0. The number of carbonyl (C=O) groups is 1. The van der Waals surface area contributed by atoms with Crippen LogP contribution in [0.3, 0.4) is 0 Å². The molecular formula is C23H22FNOS. The molecule has 1 atom stereocenters. The maximum absolute atomic E-state index is 13.7. The van der Waals surface area contributed by atoms with E-state index in [-0.39, 0.29) is 22.2 Å². The Kier molecular flexibility index (Phi) is 6.30. The minimum absolute atomic E-state index is 0.0444. The van der Waals surface area contributed by atoms with E-state index < -0.39 is 0 Å². The third kappa shape index (κ3) is 4.98. The van der Waals surface area contributed by atoms with E-state index in [2.05, 4.69) is 29.6 Å². The van der Waals surface area contributed by atoms with Crippen molar-refractivity contribution in [1.82, 2.24) is 0 Å². The molecule has 0 aliphatic heterocycles. The highest BCUT2D eigenvalue weighted by Gasteiger charge is 2.22. The minimum Gasteiger partial charge on any atom is -0.325 e. The van der Waals surface area contributed by atoms with Gasteiger partial charge in [-0.05, 0) is 42.7 Å². The number of rotatable bonds is 6. The van der Waals surface area contributed by atoms with Crippen LogP contribution in [0.15, 0.2) is 78.9 Å². The molecule has 0 heterocycles. The molecule has 1 amide bonds. The Labute approximate surface area is 163 Å². The average molecular weight is 380 g/mol. The number of halogens is 1. The Balaban J connectivity index is 1.76. The highest BCUT2D eigenvalue weighted by Crippen LogP contribution is 2.38. The monoisotopic (exact) mass is 379 g/mol. The van der Waals surface area contributed by atoms with Crippen molar-refractivity contribution in [1.29, 1.82) is 0 Å². The normalized spacial score (nSPS) is 12.0. The fourth-order valence-corrected chi connectivity index (χ4v) is 4.00. The topological polar surface area (TPSA) is 29.1 Å². The Bertz CT molecular complexity index is 859. The molecule has 0 spiro atoms. The second-order valence-corrected chi connectivity index (χ2v) is 7.88. The quantitative estimate of drug-likeness (QED) is 0.570. The zero-order chi connectivity index (χ0) is 19.2. The maximum atomic E-state index is 13.7. The molecule has 0 saturated heterocycles. The molecule has 0 bridgehead atoms. The van der Waals surface area contributed by atoms with Crippen molar-refractivity contribution in [3.63, 3.8) is 0 Å². The molecule has 0 fully saturated rings. The number of nitrogens with one attached hydrogen (secondary N) is 1. The van der Waals surface area contributed by atoms with Crippen molar-refractivity contribution >= 4 is 23.4 Å². The first-order valence-corrected chi connectivity index (χ1v) is 9.81. The van der Waals surface area contributed by atoms with Gasteiger partial charge in [-0.1, -0.05) is 66.7 Å². The van der Waals surface area contributed by atoms with Crippen molar-refractivity contribution in [2.45, 2.75) is 24.3 Å². The number of thioether (sulfide) groups is 1. The van der Waals surface area contributed by atoms with E-state index >= 15 is 0 Å². The summed E-state index contributed by atoms with van der Waals surface area (Å²) in [4.78, 5) is 12.7. The Hall–Kier alpha value is -2.59. The van der Waals surface area contributed by atoms with Crippen LogP contribution in [0.1, 0.15) is 28.9 Å². The third-order valence-corrected chi connectivity index (χ3v) is 5.79. The number of benzene rings is 3. The molecule has 0 aliphatic rings. The summed E-state index contributed by atoms with van der Waals surface area (Å²) in [5.41, 5.74) is 3.33. The van der Waals surface area contributed by atoms with Gasteiger partial charge in [0.05, 0.1) is 10.5 Å². The van der Waals surface area contributed by atoms with Crippen molar-refractivity contribution in [3.05, 3.63) is 101 Å². The summed E-state index contributed by atoms with van der Waals surface area (Å²) in [6.07, 6.45) is 0. The van der Waals surface area contributed by atoms with E-state index in [1.165, 1.54) is 6.07 Å². The molecule has 4 heteroatoms. The third-order valence-electron chi connectivity index (χ3n) is 4.35. The summed E-state index contributed by atoms with van der Waals surface area (Å²) < 4.78 is 13.7. The number of amides is 1.